The van der Waals surface area contributed by atoms with E-state index >= 15 is 0 Å². The standard InChI is InChI=1S/C14H23N3O2/c1-5-7-15-11(4)14(10(2)3)13-9-12(17(18)19)6-8-16-13/h6,8-11,14-15H,5,7H2,1-4H3. The van der Waals surface area contributed by atoms with Crippen LogP contribution in [0.4, 0.5) is 5.69 Å². The van der Waals surface area contributed by atoms with Gasteiger partial charge in [0.1, 0.15) is 0 Å². The zero-order valence-corrected chi connectivity index (χ0v) is 12.1. The number of nitro groups is 1. The van der Waals surface area contributed by atoms with Crippen LogP contribution in [0.25, 0.3) is 0 Å². The molecule has 0 aliphatic heterocycles. The van der Waals surface area contributed by atoms with Gasteiger partial charge in [-0.25, -0.2) is 0 Å². The molecule has 2 unspecified atom stereocenters. The first-order valence-corrected chi connectivity index (χ1v) is 6.81. The Hall–Kier alpha value is -1.49. The topological polar surface area (TPSA) is 68.1 Å². The van der Waals surface area contributed by atoms with E-state index in [1.54, 1.807) is 6.07 Å². The Bertz CT molecular complexity index is 421. The molecule has 0 radical (unpaired) electrons. The lowest BCUT2D eigenvalue weighted by Gasteiger charge is -2.27. The summed E-state index contributed by atoms with van der Waals surface area (Å²) in [6.45, 7) is 9.42. The van der Waals surface area contributed by atoms with Crippen molar-refractivity contribution in [2.45, 2.75) is 46.1 Å². The van der Waals surface area contributed by atoms with E-state index in [0.29, 0.717) is 5.92 Å². The van der Waals surface area contributed by atoms with E-state index in [1.807, 2.05) is 0 Å². The van der Waals surface area contributed by atoms with Gasteiger partial charge in [-0.1, -0.05) is 20.8 Å². The van der Waals surface area contributed by atoms with Crippen molar-refractivity contribution >= 4 is 5.69 Å². The zero-order valence-electron chi connectivity index (χ0n) is 12.1. The molecule has 0 aromatic carbocycles. The van der Waals surface area contributed by atoms with E-state index in [1.165, 1.54) is 12.3 Å². The highest BCUT2D eigenvalue weighted by Crippen LogP contribution is 2.28. The Labute approximate surface area is 114 Å². The Morgan fingerprint density at radius 3 is 2.63 bits per heavy atom. The molecule has 5 nitrogen and oxygen atoms in total. The highest BCUT2D eigenvalue weighted by atomic mass is 16.6. The average molecular weight is 265 g/mol. The van der Waals surface area contributed by atoms with Gasteiger partial charge in [-0.15, -0.1) is 0 Å². The van der Waals surface area contributed by atoms with Crippen LogP contribution in [0.1, 0.15) is 45.7 Å². The predicted molar refractivity (Wildman–Crippen MR) is 76.2 cm³/mol. The fourth-order valence-corrected chi connectivity index (χ4v) is 2.41. The van der Waals surface area contributed by atoms with Gasteiger partial charge in [-0.3, -0.25) is 15.1 Å². The summed E-state index contributed by atoms with van der Waals surface area (Å²) in [4.78, 5) is 14.8. The normalized spacial score (nSPS) is 14.4. The molecule has 5 heteroatoms. The van der Waals surface area contributed by atoms with Gasteiger partial charge in [-0.05, 0) is 25.8 Å². The molecule has 106 valence electrons. The fraction of sp³-hybridized carbons (Fsp3) is 0.643. The minimum Gasteiger partial charge on any atom is -0.314 e. The smallest absolute Gasteiger partial charge is 0.272 e. The lowest BCUT2D eigenvalue weighted by molar-refractivity contribution is -0.385. The molecule has 0 aliphatic carbocycles. The maximum atomic E-state index is 10.8. The summed E-state index contributed by atoms with van der Waals surface area (Å²) in [5, 5.41) is 14.3. The summed E-state index contributed by atoms with van der Waals surface area (Å²) in [6.07, 6.45) is 2.59. The lowest BCUT2D eigenvalue weighted by atomic mass is 9.86. The van der Waals surface area contributed by atoms with Crippen molar-refractivity contribution in [3.63, 3.8) is 0 Å². The molecule has 0 spiro atoms. The average Bonchev–Trinajstić information content (AvgIpc) is 2.36. The number of pyridine rings is 1. The molecule has 19 heavy (non-hydrogen) atoms. The molecule has 1 rings (SSSR count). The molecule has 0 fully saturated rings. The third-order valence-electron chi connectivity index (χ3n) is 3.29. The first-order chi connectivity index (χ1) is 8.97. The van der Waals surface area contributed by atoms with Gasteiger partial charge < -0.3 is 5.32 Å². The van der Waals surface area contributed by atoms with Gasteiger partial charge in [0.2, 0.25) is 0 Å². The van der Waals surface area contributed by atoms with Gasteiger partial charge in [0.05, 0.1) is 10.6 Å². The molecule has 1 heterocycles. The second-order valence-corrected chi connectivity index (χ2v) is 5.21. The fourth-order valence-electron chi connectivity index (χ4n) is 2.41. The van der Waals surface area contributed by atoms with Crippen LogP contribution >= 0.6 is 0 Å². The van der Waals surface area contributed by atoms with E-state index in [-0.39, 0.29) is 22.6 Å². The van der Waals surface area contributed by atoms with E-state index in [4.69, 9.17) is 0 Å². The molecule has 0 bridgehead atoms. The largest absolute Gasteiger partial charge is 0.314 e. The molecule has 0 amide bonds. The highest BCUT2D eigenvalue weighted by molar-refractivity contribution is 5.31. The van der Waals surface area contributed by atoms with Crippen molar-refractivity contribution in [3.05, 3.63) is 34.1 Å². The van der Waals surface area contributed by atoms with Crippen molar-refractivity contribution < 1.29 is 4.92 Å². The van der Waals surface area contributed by atoms with Crippen molar-refractivity contribution in [2.75, 3.05) is 6.54 Å². The van der Waals surface area contributed by atoms with Crippen LogP contribution in [0.5, 0.6) is 0 Å². The van der Waals surface area contributed by atoms with Crippen LogP contribution in [-0.4, -0.2) is 22.5 Å². The van der Waals surface area contributed by atoms with Gasteiger partial charge in [0, 0.05) is 30.3 Å². The third-order valence-corrected chi connectivity index (χ3v) is 3.29. The molecular weight excluding hydrogens is 242 g/mol. The maximum Gasteiger partial charge on any atom is 0.272 e. The molecule has 0 aliphatic rings. The number of aromatic nitrogens is 1. The zero-order chi connectivity index (χ0) is 14.4. The molecule has 0 saturated heterocycles. The van der Waals surface area contributed by atoms with Crippen LogP contribution in [0.2, 0.25) is 0 Å². The van der Waals surface area contributed by atoms with Gasteiger partial charge in [0.15, 0.2) is 0 Å². The molecule has 2 atom stereocenters. The first-order valence-electron chi connectivity index (χ1n) is 6.81. The van der Waals surface area contributed by atoms with Crippen molar-refractivity contribution in [1.82, 2.24) is 10.3 Å². The number of nitrogens with zero attached hydrogens (tertiary/aromatic N) is 2. The summed E-state index contributed by atoms with van der Waals surface area (Å²) in [5.41, 5.74) is 0.902. The third kappa shape index (κ3) is 4.28. The number of hydrogen-bond donors (Lipinski definition) is 1. The van der Waals surface area contributed by atoms with Crippen LogP contribution < -0.4 is 5.32 Å². The molecule has 1 N–H and O–H groups in total. The van der Waals surface area contributed by atoms with Gasteiger partial charge in [0.25, 0.3) is 5.69 Å². The molecular formula is C14H23N3O2. The molecule has 1 aromatic heterocycles. The monoisotopic (exact) mass is 265 g/mol. The van der Waals surface area contributed by atoms with Crippen molar-refractivity contribution in [2.24, 2.45) is 5.92 Å². The number of hydrogen-bond acceptors (Lipinski definition) is 4. The first kappa shape index (κ1) is 15.6. The van der Waals surface area contributed by atoms with E-state index < -0.39 is 0 Å². The van der Waals surface area contributed by atoms with Crippen LogP contribution in [0.3, 0.4) is 0 Å². The summed E-state index contributed by atoms with van der Waals surface area (Å²) in [7, 11) is 0. The van der Waals surface area contributed by atoms with Crippen LogP contribution in [0.15, 0.2) is 18.3 Å². The number of nitrogens with one attached hydrogen (secondary N) is 1. The lowest BCUT2D eigenvalue weighted by Crippen LogP contribution is -2.35. The second kappa shape index (κ2) is 7.19. The number of rotatable bonds is 7. The van der Waals surface area contributed by atoms with E-state index in [2.05, 4.69) is 38.0 Å². The van der Waals surface area contributed by atoms with E-state index in [0.717, 1.165) is 18.7 Å². The summed E-state index contributed by atoms with van der Waals surface area (Å²) >= 11 is 0. The van der Waals surface area contributed by atoms with Crippen molar-refractivity contribution in [1.29, 1.82) is 0 Å². The van der Waals surface area contributed by atoms with Gasteiger partial charge >= 0.3 is 0 Å². The van der Waals surface area contributed by atoms with Crippen LogP contribution in [0, 0.1) is 16.0 Å². The van der Waals surface area contributed by atoms with Gasteiger partial charge in [-0.2, -0.15) is 0 Å². The van der Waals surface area contributed by atoms with Crippen LogP contribution in [-0.2, 0) is 0 Å². The quantitative estimate of drug-likeness (QED) is 0.607. The molecule has 0 saturated carbocycles. The highest BCUT2D eigenvalue weighted by Gasteiger charge is 2.25. The summed E-state index contributed by atoms with van der Waals surface area (Å²) in [5.74, 6) is 0.542. The van der Waals surface area contributed by atoms with Crippen molar-refractivity contribution in [3.8, 4) is 0 Å². The minimum atomic E-state index is -0.368. The Kier molecular flexibility index (Phi) is 5.89. The SMILES string of the molecule is CCCNC(C)C(c1cc([N+](=O)[O-])ccn1)C(C)C. The minimum absolute atomic E-state index is 0.110. The summed E-state index contributed by atoms with van der Waals surface area (Å²) < 4.78 is 0. The Morgan fingerprint density at radius 1 is 1.42 bits per heavy atom. The predicted octanol–water partition coefficient (Wildman–Crippen LogP) is 3.12. The Balaban J connectivity index is 2.98. The summed E-state index contributed by atoms with van der Waals surface area (Å²) in [6, 6.07) is 3.27. The maximum absolute atomic E-state index is 10.8. The van der Waals surface area contributed by atoms with E-state index in [9.17, 15) is 10.1 Å². The second-order valence-electron chi connectivity index (χ2n) is 5.21. The Morgan fingerprint density at radius 2 is 2.11 bits per heavy atom. The molecule has 1 aromatic rings.